The van der Waals surface area contributed by atoms with Gasteiger partial charge in [-0.3, -0.25) is 4.72 Å². The Morgan fingerprint density at radius 2 is 1.96 bits per heavy atom. The molecule has 6 nitrogen and oxygen atoms in total. The molecule has 0 fully saturated rings. The normalized spacial score (nSPS) is 11.2. The van der Waals surface area contributed by atoms with E-state index in [0.717, 1.165) is 5.69 Å². The minimum atomic E-state index is -3.69. The molecule has 7 heteroatoms. The van der Waals surface area contributed by atoms with Crippen LogP contribution in [0.4, 0.5) is 5.69 Å². The summed E-state index contributed by atoms with van der Waals surface area (Å²) in [6.07, 6.45) is 3.46. The molecule has 0 spiro atoms. The number of aryl methyl sites for hydroxylation is 1. The van der Waals surface area contributed by atoms with Crippen molar-refractivity contribution in [3.63, 3.8) is 0 Å². The molecule has 3 rings (SSSR count). The number of nitrogens with one attached hydrogen (secondary N) is 1. The number of hydrogen-bond acceptors (Lipinski definition) is 4. The molecule has 0 saturated heterocycles. The van der Waals surface area contributed by atoms with Gasteiger partial charge in [0.2, 0.25) is 0 Å². The number of methoxy groups -OCH3 is 1. The first kappa shape index (κ1) is 16.1. The highest BCUT2D eigenvalue weighted by atomic mass is 32.2. The standard InChI is InChI=1S/C17H17N3O3S/c1-13-11-16(23-2)7-8-17(13)24(21,22)19-14-5-3-6-15(12-14)20-10-4-9-18-20/h3-12,19H,1-2H3. The third kappa shape index (κ3) is 3.26. The van der Waals surface area contributed by atoms with Crippen LogP contribution >= 0.6 is 0 Å². The van der Waals surface area contributed by atoms with Crippen molar-refractivity contribution in [2.24, 2.45) is 0 Å². The molecule has 0 unspecified atom stereocenters. The van der Waals surface area contributed by atoms with Crippen LogP contribution in [0.2, 0.25) is 0 Å². The highest BCUT2D eigenvalue weighted by molar-refractivity contribution is 7.92. The maximum atomic E-state index is 12.6. The zero-order valence-electron chi connectivity index (χ0n) is 13.3. The summed E-state index contributed by atoms with van der Waals surface area (Å²) in [5, 5.41) is 4.14. The van der Waals surface area contributed by atoms with Gasteiger partial charge in [-0.1, -0.05) is 6.07 Å². The van der Waals surface area contributed by atoms with E-state index in [1.165, 1.54) is 6.07 Å². The van der Waals surface area contributed by atoms with Gasteiger partial charge in [0.1, 0.15) is 5.75 Å². The van der Waals surface area contributed by atoms with Gasteiger partial charge < -0.3 is 4.74 Å². The third-order valence-electron chi connectivity index (χ3n) is 3.54. The lowest BCUT2D eigenvalue weighted by molar-refractivity contribution is 0.414. The van der Waals surface area contributed by atoms with Crippen LogP contribution in [-0.4, -0.2) is 25.3 Å². The van der Waals surface area contributed by atoms with Crippen molar-refractivity contribution >= 4 is 15.7 Å². The molecular weight excluding hydrogens is 326 g/mol. The molecule has 2 aromatic carbocycles. The summed E-state index contributed by atoms with van der Waals surface area (Å²) in [7, 11) is -2.15. The fourth-order valence-electron chi connectivity index (χ4n) is 2.39. The average molecular weight is 343 g/mol. The summed E-state index contributed by atoms with van der Waals surface area (Å²) in [4.78, 5) is 0.216. The number of nitrogens with zero attached hydrogens (tertiary/aromatic N) is 2. The molecule has 1 aromatic heterocycles. The fraction of sp³-hybridized carbons (Fsp3) is 0.118. The van der Waals surface area contributed by atoms with Crippen molar-refractivity contribution in [3.05, 3.63) is 66.5 Å². The van der Waals surface area contributed by atoms with E-state index in [1.54, 1.807) is 67.5 Å². The van der Waals surface area contributed by atoms with Crippen molar-refractivity contribution in [2.75, 3.05) is 11.8 Å². The lowest BCUT2D eigenvalue weighted by Gasteiger charge is -2.12. The Morgan fingerprint density at radius 1 is 1.12 bits per heavy atom. The van der Waals surface area contributed by atoms with E-state index in [4.69, 9.17) is 4.74 Å². The number of ether oxygens (including phenoxy) is 1. The summed E-state index contributed by atoms with van der Waals surface area (Å²) in [5.41, 5.74) is 1.86. The SMILES string of the molecule is COc1ccc(S(=O)(=O)Nc2cccc(-n3cccn3)c2)c(C)c1. The van der Waals surface area contributed by atoms with Gasteiger partial charge in [-0.15, -0.1) is 0 Å². The summed E-state index contributed by atoms with van der Waals surface area (Å²) in [6, 6.07) is 13.7. The monoisotopic (exact) mass is 343 g/mol. The van der Waals surface area contributed by atoms with Gasteiger partial charge in [0.05, 0.1) is 23.4 Å². The molecule has 1 heterocycles. The summed E-state index contributed by atoms with van der Waals surface area (Å²) in [6.45, 7) is 1.73. The molecule has 0 atom stereocenters. The largest absolute Gasteiger partial charge is 0.497 e. The predicted octanol–water partition coefficient (Wildman–Crippen LogP) is 2.99. The molecule has 124 valence electrons. The Balaban J connectivity index is 1.91. The topological polar surface area (TPSA) is 73.2 Å². The quantitative estimate of drug-likeness (QED) is 0.773. The van der Waals surface area contributed by atoms with Crippen LogP contribution in [0.1, 0.15) is 5.56 Å². The van der Waals surface area contributed by atoms with E-state index in [0.29, 0.717) is 17.0 Å². The van der Waals surface area contributed by atoms with Crippen molar-refractivity contribution in [1.82, 2.24) is 9.78 Å². The van der Waals surface area contributed by atoms with E-state index < -0.39 is 10.0 Å². The highest BCUT2D eigenvalue weighted by Gasteiger charge is 2.17. The van der Waals surface area contributed by atoms with Crippen LogP contribution in [0, 0.1) is 6.92 Å². The van der Waals surface area contributed by atoms with Gasteiger partial charge in [-0.2, -0.15) is 5.10 Å². The summed E-state index contributed by atoms with van der Waals surface area (Å²) in [5.74, 6) is 0.618. The minimum absolute atomic E-state index is 0.216. The maximum Gasteiger partial charge on any atom is 0.262 e. The van der Waals surface area contributed by atoms with E-state index in [-0.39, 0.29) is 4.90 Å². The van der Waals surface area contributed by atoms with E-state index in [1.807, 2.05) is 6.07 Å². The fourth-order valence-corrected chi connectivity index (χ4v) is 3.67. The van der Waals surface area contributed by atoms with Crippen LogP contribution < -0.4 is 9.46 Å². The van der Waals surface area contributed by atoms with Crippen molar-refractivity contribution in [1.29, 1.82) is 0 Å². The van der Waals surface area contributed by atoms with E-state index >= 15 is 0 Å². The van der Waals surface area contributed by atoms with E-state index in [9.17, 15) is 8.42 Å². The van der Waals surface area contributed by atoms with Crippen LogP contribution in [-0.2, 0) is 10.0 Å². The number of aromatic nitrogens is 2. The van der Waals surface area contributed by atoms with Crippen molar-refractivity contribution in [2.45, 2.75) is 11.8 Å². The number of anilines is 1. The zero-order chi connectivity index (χ0) is 17.2. The third-order valence-corrected chi connectivity index (χ3v) is 5.08. The number of sulfonamides is 1. The van der Waals surface area contributed by atoms with Crippen molar-refractivity contribution < 1.29 is 13.2 Å². The lowest BCUT2D eigenvalue weighted by atomic mass is 10.2. The number of rotatable bonds is 5. The van der Waals surface area contributed by atoms with Gasteiger partial charge in [-0.25, -0.2) is 13.1 Å². The second-order valence-electron chi connectivity index (χ2n) is 5.24. The molecule has 0 aliphatic carbocycles. The number of hydrogen-bond donors (Lipinski definition) is 1. The predicted molar refractivity (Wildman–Crippen MR) is 92.1 cm³/mol. The first-order valence-corrected chi connectivity index (χ1v) is 8.75. The Morgan fingerprint density at radius 3 is 2.62 bits per heavy atom. The van der Waals surface area contributed by atoms with Gasteiger partial charge in [0.15, 0.2) is 0 Å². The van der Waals surface area contributed by atoms with E-state index in [2.05, 4.69) is 9.82 Å². The Bertz CT molecular complexity index is 951. The Labute approximate surface area is 140 Å². The minimum Gasteiger partial charge on any atom is -0.497 e. The molecule has 0 bridgehead atoms. The van der Waals surface area contributed by atoms with Gasteiger partial charge in [0, 0.05) is 12.4 Å². The lowest BCUT2D eigenvalue weighted by Crippen LogP contribution is -2.14. The molecule has 0 aliphatic rings. The highest BCUT2D eigenvalue weighted by Crippen LogP contribution is 2.24. The molecule has 3 aromatic rings. The Kier molecular flexibility index (Phi) is 4.26. The van der Waals surface area contributed by atoms with Crippen LogP contribution in [0.25, 0.3) is 5.69 Å². The number of benzene rings is 2. The molecule has 24 heavy (non-hydrogen) atoms. The van der Waals surface area contributed by atoms with Gasteiger partial charge in [0.25, 0.3) is 10.0 Å². The van der Waals surface area contributed by atoms with Crippen LogP contribution in [0.3, 0.4) is 0 Å². The first-order valence-electron chi connectivity index (χ1n) is 7.27. The second-order valence-corrected chi connectivity index (χ2v) is 6.89. The van der Waals surface area contributed by atoms with Crippen LogP contribution in [0.5, 0.6) is 5.75 Å². The van der Waals surface area contributed by atoms with Gasteiger partial charge in [-0.05, 0) is 55.0 Å². The maximum absolute atomic E-state index is 12.6. The van der Waals surface area contributed by atoms with Crippen LogP contribution in [0.15, 0.2) is 65.8 Å². The second kappa shape index (κ2) is 6.37. The summed E-state index contributed by atoms with van der Waals surface area (Å²) < 4.78 is 34.7. The molecule has 1 N–H and O–H groups in total. The zero-order valence-corrected chi connectivity index (χ0v) is 14.1. The van der Waals surface area contributed by atoms with Crippen molar-refractivity contribution in [3.8, 4) is 11.4 Å². The average Bonchev–Trinajstić information content (AvgIpc) is 3.08. The summed E-state index contributed by atoms with van der Waals surface area (Å²) >= 11 is 0. The molecular formula is C17H17N3O3S. The molecule has 0 radical (unpaired) electrons. The van der Waals surface area contributed by atoms with Gasteiger partial charge >= 0.3 is 0 Å². The molecule has 0 saturated carbocycles. The first-order chi connectivity index (χ1) is 11.5. The molecule has 0 amide bonds. The molecule has 0 aliphatic heterocycles. The Hall–Kier alpha value is -2.80. The smallest absolute Gasteiger partial charge is 0.262 e.